The van der Waals surface area contributed by atoms with Crippen LogP contribution in [0.1, 0.15) is 57.0 Å². The number of amides is 2. The molecule has 0 saturated carbocycles. The molecule has 0 bridgehead atoms. The predicted octanol–water partition coefficient (Wildman–Crippen LogP) is 3.02. The lowest BCUT2D eigenvalue weighted by molar-refractivity contribution is 0.0527. The number of hydrogen-bond donors (Lipinski definition) is 4. The molecule has 8 nitrogen and oxygen atoms in total. The minimum absolute atomic E-state index is 0. The van der Waals surface area contributed by atoms with Crippen molar-refractivity contribution in [3.63, 3.8) is 0 Å². The number of benzene rings is 1. The average Bonchev–Trinajstić information content (AvgIpc) is 2.64. The number of hydrogen-bond acceptors (Lipinski definition) is 4. The second-order valence-corrected chi connectivity index (χ2v) is 7.46. The first-order chi connectivity index (χ1) is 13.7. The summed E-state index contributed by atoms with van der Waals surface area (Å²) in [5, 5.41) is 12.0. The van der Waals surface area contributed by atoms with Crippen molar-refractivity contribution in [2.75, 3.05) is 26.2 Å². The van der Waals surface area contributed by atoms with E-state index in [9.17, 15) is 9.59 Å². The molecular weight excluding hydrogens is 497 g/mol. The summed E-state index contributed by atoms with van der Waals surface area (Å²) >= 11 is 0. The van der Waals surface area contributed by atoms with Crippen LogP contribution >= 0.6 is 24.0 Å². The predicted molar refractivity (Wildman–Crippen MR) is 132 cm³/mol. The van der Waals surface area contributed by atoms with E-state index in [4.69, 9.17) is 4.74 Å². The van der Waals surface area contributed by atoms with Gasteiger partial charge in [-0.25, -0.2) is 9.79 Å². The zero-order valence-electron chi connectivity index (χ0n) is 18.6. The van der Waals surface area contributed by atoms with Crippen LogP contribution in [0.25, 0.3) is 0 Å². The first-order valence-electron chi connectivity index (χ1n) is 10.1. The van der Waals surface area contributed by atoms with Crippen molar-refractivity contribution in [1.82, 2.24) is 21.3 Å². The summed E-state index contributed by atoms with van der Waals surface area (Å²) in [6.07, 6.45) is 0.320. The van der Waals surface area contributed by atoms with Crippen molar-refractivity contribution in [3.8, 4) is 0 Å². The lowest BCUT2D eigenvalue weighted by Crippen LogP contribution is -2.39. The summed E-state index contributed by atoms with van der Waals surface area (Å²) in [4.78, 5) is 28.1. The van der Waals surface area contributed by atoms with Crippen molar-refractivity contribution in [2.45, 2.75) is 53.2 Å². The highest BCUT2D eigenvalue weighted by Crippen LogP contribution is 2.07. The minimum Gasteiger partial charge on any atom is -0.444 e. The van der Waals surface area contributed by atoms with Crippen LogP contribution in [0, 0.1) is 0 Å². The molecule has 0 aliphatic rings. The molecule has 0 radical (unpaired) electrons. The fourth-order valence-electron chi connectivity index (χ4n) is 2.39. The van der Waals surface area contributed by atoms with Crippen LogP contribution < -0.4 is 21.3 Å². The van der Waals surface area contributed by atoms with Gasteiger partial charge in [0.1, 0.15) is 5.60 Å². The third-order valence-corrected chi connectivity index (χ3v) is 3.60. The van der Waals surface area contributed by atoms with E-state index in [1.54, 1.807) is 6.07 Å². The molecule has 4 N–H and O–H groups in total. The third kappa shape index (κ3) is 12.5. The number of guanidine groups is 1. The van der Waals surface area contributed by atoms with E-state index >= 15 is 0 Å². The van der Waals surface area contributed by atoms with Gasteiger partial charge >= 0.3 is 6.09 Å². The Morgan fingerprint density at radius 3 is 2.30 bits per heavy atom. The highest BCUT2D eigenvalue weighted by atomic mass is 127. The van der Waals surface area contributed by atoms with E-state index in [0.29, 0.717) is 37.7 Å². The standard InChI is InChI=1S/C21H35N5O3.HI/c1-6-22-18(27)17-11-8-10-16(14-17)15-26-19(23-7-2)24-12-9-13-25-20(28)29-21(3,4)5;/h8,10-11,14H,6-7,9,12-13,15H2,1-5H3,(H,22,27)(H,25,28)(H2,23,24,26);1H. The van der Waals surface area contributed by atoms with E-state index in [1.165, 1.54) is 0 Å². The lowest BCUT2D eigenvalue weighted by Gasteiger charge is -2.19. The molecule has 1 aromatic rings. The van der Waals surface area contributed by atoms with Crippen molar-refractivity contribution in [1.29, 1.82) is 0 Å². The number of nitrogens with zero attached hydrogens (tertiary/aromatic N) is 1. The Labute approximate surface area is 197 Å². The lowest BCUT2D eigenvalue weighted by atomic mass is 10.1. The Morgan fingerprint density at radius 2 is 1.67 bits per heavy atom. The largest absolute Gasteiger partial charge is 0.444 e. The molecule has 0 spiro atoms. The Balaban J connectivity index is 0.00000841. The number of alkyl carbamates (subject to hydrolysis) is 1. The summed E-state index contributed by atoms with van der Waals surface area (Å²) in [6.45, 7) is 12.3. The Morgan fingerprint density at radius 1 is 1.00 bits per heavy atom. The normalized spacial score (nSPS) is 11.2. The Bertz CT molecular complexity index is 689. The molecule has 0 aliphatic heterocycles. The maximum absolute atomic E-state index is 12.0. The fourth-order valence-corrected chi connectivity index (χ4v) is 2.39. The minimum atomic E-state index is -0.498. The SMILES string of the molecule is CCNC(=O)c1cccc(CN=C(NCC)NCCCNC(=O)OC(C)(C)C)c1.I. The summed E-state index contributed by atoms with van der Waals surface area (Å²) in [6, 6.07) is 7.45. The van der Waals surface area contributed by atoms with Gasteiger partial charge in [-0.1, -0.05) is 12.1 Å². The molecule has 1 aromatic carbocycles. The summed E-state index contributed by atoms with van der Waals surface area (Å²) in [7, 11) is 0. The van der Waals surface area contributed by atoms with E-state index in [2.05, 4.69) is 26.3 Å². The van der Waals surface area contributed by atoms with Crippen LogP contribution in [0.4, 0.5) is 4.79 Å². The van der Waals surface area contributed by atoms with E-state index in [1.807, 2.05) is 52.8 Å². The van der Waals surface area contributed by atoms with Crippen LogP contribution in [-0.4, -0.2) is 49.7 Å². The van der Waals surface area contributed by atoms with Gasteiger partial charge in [0, 0.05) is 31.7 Å². The number of ether oxygens (including phenoxy) is 1. The number of carbonyl (C=O) groups is 2. The van der Waals surface area contributed by atoms with Gasteiger partial charge in [0.25, 0.3) is 5.91 Å². The van der Waals surface area contributed by atoms with E-state index < -0.39 is 11.7 Å². The van der Waals surface area contributed by atoms with Crippen molar-refractivity contribution >= 4 is 41.9 Å². The maximum atomic E-state index is 12.0. The topological polar surface area (TPSA) is 104 Å². The van der Waals surface area contributed by atoms with E-state index in [-0.39, 0.29) is 29.9 Å². The van der Waals surface area contributed by atoms with Crippen LogP contribution in [-0.2, 0) is 11.3 Å². The van der Waals surface area contributed by atoms with E-state index in [0.717, 1.165) is 18.5 Å². The molecule has 1 rings (SSSR count). The molecule has 0 aliphatic carbocycles. The van der Waals surface area contributed by atoms with Gasteiger partial charge in [0.15, 0.2) is 5.96 Å². The van der Waals surface area contributed by atoms with Gasteiger partial charge in [-0.15, -0.1) is 24.0 Å². The Kier molecular flexibility index (Phi) is 13.9. The Hall–Kier alpha value is -2.04. The quantitative estimate of drug-likeness (QED) is 0.169. The van der Waals surface area contributed by atoms with Gasteiger partial charge in [-0.2, -0.15) is 0 Å². The maximum Gasteiger partial charge on any atom is 0.407 e. The molecule has 0 atom stereocenters. The summed E-state index contributed by atoms with van der Waals surface area (Å²) < 4.78 is 5.20. The zero-order chi connectivity index (χ0) is 21.7. The molecule has 0 fully saturated rings. The van der Waals surface area contributed by atoms with Gasteiger partial charge in [0.05, 0.1) is 6.54 Å². The van der Waals surface area contributed by atoms with Crippen LogP contribution in [0.3, 0.4) is 0 Å². The van der Waals surface area contributed by atoms with Gasteiger partial charge < -0.3 is 26.0 Å². The highest BCUT2D eigenvalue weighted by Gasteiger charge is 2.15. The third-order valence-electron chi connectivity index (χ3n) is 3.60. The molecule has 0 unspecified atom stereocenters. The second-order valence-electron chi connectivity index (χ2n) is 7.46. The number of halogens is 1. The first-order valence-corrected chi connectivity index (χ1v) is 10.1. The van der Waals surface area contributed by atoms with Gasteiger partial charge in [0.2, 0.25) is 0 Å². The molecule has 0 heterocycles. The van der Waals surface area contributed by atoms with Crippen molar-refractivity contribution in [3.05, 3.63) is 35.4 Å². The highest BCUT2D eigenvalue weighted by molar-refractivity contribution is 14.0. The van der Waals surface area contributed by atoms with Gasteiger partial charge in [-0.05, 0) is 58.7 Å². The summed E-state index contributed by atoms with van der Waals surface area (Å²) in [5.41, 5.74) is 1.09. The number of aliphatic imine (C=N–C) groups is 1. The van der Waals surface area contributed by atoms with Crippen LogP contribution in [0.2, 0.25) is 0 Å². The molecular formula is C21H36IN5O3. The van der Waals surface area contributed by atoms with Crippen LogP contribution in [0.5, 0.6) is 0 Å². The second kappa shape index (κ2) is 14.9. The number of nitrogens with one attached hydrogen (secondary N) is 4. The molecule has 0 aromatic heterocycles. The molecule has 2 amide bonds. The number of carbonyl (C=O) groups excluding carboxylic acids is 2. The molecule has 30 heavy (non-hydrogen) atoms. The summed E-state index contributed by atoms with van der Waals surface area (Å²) in [5.74, 6) is 0.606. The average molecular weight is 533 g/mol. The molecule has 9 heteroatoms. The monoisotopic (exact) mass is 533 g/mol. The van der Waals surface area contributed by atoms with Crippen LogP contribution in [0.15, 0.2) is 29.3 Å². The smallest absolute Gasteiger partial charge is 0.407 e. The molecule has 0 saturated heterocycles. The molecule has 170 valence electrons. The number of rotatable bonds is 9. The van der Waals surface area contributed by atoms with Gasteiger partial charge in [-0.3, -0.25) is 4.79 Å². The fraction of sp³-hybridized carbons (Fsp3) is 0.571. The van der Waals surface area contributed by atoms with Crippen molar-refractivity contribution < 1.29 is 14.3 Å². The first kappa shape index (κ1) is 28.0. The zero-order valence-corrected chi connectivity index (χ0v) is 21.0. The van der Waals surface area contributed by atoms with Crippen molar-refractivity contribution in [2.24, 2.45) is 4.99 Å².